The van der Waals surface area contributed by atoms with Gasteiger partial charge in [-0.05, 0) is 62.7 Å². The van der Waals surface area contributed by atoms with Gasteiger partial charge in [-0.25, -0.2) is 4.79 Å². The summed E-state index contributed by atoms with van der Waals surface area (Å²) in [6.45, 7) is 5.31. The molecule has 146 valence electrons. The van der Waals surface area contributed by atoms with E-state index in [1.807, 2.05) is 0 Å². The number of halogens is 3. The van der Waals surface area contributed by atoms with Crippen molar-refractivity contribution in [1.82, 2.24) is 5.32 Å². The Bertz CT molecular complexity index is 815. The van der Waals surface area contributed by atoms with Crippen molar-refractivity contribution in [1.29, 1.82) is 0 Å². The summed E-state index contributed by atoms with van der Waals surface area (Å²) in [4.78, 5) is 11.7. The van der Waals surface area contributed by atoms with Gasteiger partial charge in [0.25, 0.3) is 0 Å². The van der Waals surface area contributed by atoms with Gasteiger partial charge < -0.3 is 20.5 Å². The molecule has 2 rings (SSSR count). The number of amides is 1. The van der Waals surface area contributed by atoms with E-state index in [4.69, 9.17) is 15.2 Å². The molecule has 5 nitrogen and oxygen atoms in total. The third-order valence-electron chi connectivity index (χ3n) is 3.33. The Morgan fingerprint density at radius 3 is 2.37 bits per heavy atom. The molecule has 0 radical (unpaired) electrons. The lowest BCUT2D eigenvalue weighted by atomic mass is 10.1. The van der Waals surface area contributed by atoms with Crippen LogP contribution in [0.1, 0.15) is 31.9 Å². The number of nitrogens with two attached hydrogens (primary N) is 1. The fourth-order valence-electron chi connectivity index (χ4n) is 2.15. The molecule has 0 spiro atoms. The number of carbonyl (C=O) groups is 1. The van der Waals surface area contributed by atoms with E-state index in [1.165, 1.54) is 18.2 Å². The quantitative estimate of drug-likeness (QED) is 0.721. The molecule has 8 heteroatoms. The number of nitrogen functional groups attached to an aromatic ring is 1. The molecule has 3 N–H and O–H groups in total. The van der Waals surface area contributed by atoms with Crippen molar-refractivity contribution in [2.45, 2.75) is 39.1 Å². The summed E-state index contributed by atoms with van der Waals surface area (Å²) in [5, 5.41) is 2.57. The predicted octanol–water partition coefficient (Wildman–Crippen LogP) is 5.10. The van der Waals surface area contributed by atoms with Crippen LogP contribution in [0.25, 0.3) is 0 Å². The highest BCUT2D eigenvalue weighted by atomic mass is 19.4. The van der Waals surface area contributed by atoms with E-state index < -0.39 is 23.4 Å². The molecule has 0 heterocycles. The highest BCUT2D eigenvalue weighted by molar-refractivity contribution is 5.68. The van der Waals surface area contributed by atoms with Gasteiger partial charge in [0.05, 0.1) is 5.56 Å². The van der Waals surface area contributed by atoms with Crippen LogP contribution in [0.15, 0.2) is 42.5 Å². The van der Waals surface area contributed by atoms with Gasteiger partial charge in [0.2, 0.25) is 0 Å². The van der Waals surface area contributed by atoms with Crippen molar-refractivity contribution < 1.29 is 27.4 Å². The van der Waals surface area contributed by atoms with Crippen molar-refractivity contribution in [2.24, 2.45) is 0 Å². The van der Waals surface area contributed by atoms with Gasteiger partial charge >= 0.3 is 12.3 Å². The first-order valence-electron chi connectivity index (χ1n) is 8.14. The Kier molecular flexibility index (Phi) is 5.88. The zero-order valence-corrected chi connectivity index (χ0v) is 15.2. The molecule has 0 saturated heterocycles. The maximum absolute atomic E-state index is 12.8. The molecule has 0 fully saturated rings. The smallest absolute Gasteiger partial charge is 0.416 e. The van der Waals surface area contributed by atoms with Gasteiger partial charge in [-0.15, -0.1) is 0 Å². The molecule has 0 aromatic heterocycles. The molecule has 27 heavy (non-hydrogen) atoms. The van der Waals surface area contributed by atoms with Crippen LogP contribution in [-0.4, -0.2) is 11.7 Å². The number of benzene rings is 2. The second-order valence-corrected chi connectivity index (χ2v) is 6.84. The highest BCUT2D eigenvalue weighted by Gasteiger charge is 2.30. The summed E-state index contributed by atoms with van der Waals surface area (Å²) in [5.74, 6) is 0.338. The Morgan fingerprint density at radius 1 is 1.07 bits per heavy atom. The second kappa shape index (κ2) is 7.77. The lowest BCUT2D eigenvalue weighted by molar-refractivity contribution is -0.137. The van der Waals surface area contributed by atoms with Crippen LogP contribution in [0.3, 0.4) is 0 Å². The molecule has 0 saturated carbocycles. The third-order valence-corrected chi connectivity index (χ3v) is 3.33. The molecule has 0 aliphatic heterocycles. The number of ether oxygens (including phenoxy) is 2. The minimum Gasteiger partial charge on any atom is -0.457 e. The van der Waals surface area contributed by atoms with Gasteiger partial charge in [0.15, 0.2) is 0 Å². The van der Waals surface area contributed by atoms with Gasteiger partial charge in [-0.1, -0.05) is 6.07 Å². The van der Waals surface area contributed by atoms with E-state index in [0.29, 0.717) is 17.0 Å². The number of carbonyl (C=O) groups excluding carboxylic acids is 1. The first-order valence-corrected chi connectivity index (χ1v) is 8.14. The molecular weight excluding hydrogens is 361 g/mol. The maximum atomic E-state index is 12.8. The van der Waals surface area contributed by atoms with E-state index in [-0.39, 0.29) is 12.3 Å². The third kappa shape index (κ3) is 6.40. The van der Waals surface area contributed by atoms with Gasteiger partial charge in [0.1, 0.15) is 17.1 Å². The number of nitrogens with one attached hydrogen (secondary N) is 1. The monoisotopic (exact) mass is 382 g/mol. The summed E-state index contributed by atoms with van der Waals surface area (Å²) in [7, 11) is 0. The molecule has 2 aromatic rings. The number of alkyl halides is 3. The lowest BCUT2D eigenvalue weighted by Gasteiger charge is -2.20. The van der Waals surface area contributed by atoms with Crippen LogP contribution in [-0.2, 0) is 17.5 Å². The molecule has 0 bridgehead atoms. The number of hydrogen-bond acceptors (Lipinski definition) is 4. The number of hydrogen-bond donors (Lipinski definition) is 2. The Balaban J connectivity index is 2.10. The second-order valence-electron chi connectivity index (χ2n) is 6.84. The van der Waals surface area contributed by atoms with Crippen molar-refractivity contribution in [3.63, 3.8) is 0 Å². The number of anilines is 1. The van der Waals surface area contributed by atoms with Crippen molar-refractivity contribution in [3.05, 3.63) is 53.6 Å². The summed E-state index contributed by atoms with van der Waals surface area (Å²) in [6, 6.07) is 9.19. The molecule has 2 aromatic carbocycles. The topological polar surface area (TPSA) is 73.6 Å². The molecule has 0 unspecified atom stereocenters. The van der Waals surface area contributed by atoms with Gasteiger partial charge in [0, 0.05) is 12.2 Å². The van der Waals surface area contributed by atoms with E-state index in [9.17, 15) is 18.0 Å². The molecule has 0 atom stereocenters. The zero-order valence-electron chi connectivity index (χ0n) is 15.2. The predicted molar refractivity (Wildman–Crippen MR) is 95.4 cm³/mol. The molecule has 0 aliphatic rings. The summed E-state index contributed by atoms with van der Waals surface area (Å²) < 4.78 is 49.0. The largest absolute Gasteiger partial charge is 0.457 e. The minimum absolute atomic E-state index is 0.0423. The number of alkyl carbamates (subject to hydrolysis) is 1. The Hall–Kier alpha value is -2.90. The SMILES string of the molecule is CC(C)(C)OC(=O)NCc1cc(Oc2cccc(C(F)(F)F)c2)ccc1N. The van der Waals surface area contributed by atoms with Crippen molar-refractivity contribution in [2.75, 3.05) is 5.73 Å². The fourth-order valence-corrected chi connectivity index (χ4v) is 2.15. The molecule has 0 aliphatic carbocycles. The normalized spacial score (nSPS) is 11.8. The van der Waals surface area contributed by atoms with Crippen molar-refractivity contribution in [3.8, 4) is 11.5 Å². The Morgan fingerprint density at radius 2 is 1.74 bits per heavy atom. The fraction of sp³-hybridized carbons (Fsp3) is 0.316. The summed E-state index contributed by atoms with van der Waals surface area (Å²) >= 11 is 0. The van der Waals surface area contributed by atoms with E-state index in [0.717, 1.165) is 12.1 Å². The van der Waals surface area contributed by atoms with Gasteiger partial charge in [-0.2, -0.15) is 13.2 Å². The number of rotatable bonds is 4. The first kappa shape index (κ1) is 20.4. The summed E-state index contributed by atoms with van der Waals surface area (Å²) in [5.41, 5.74) is 5.39. The Labute approximate surface area is 155 Å². The van der Waals surface area contributed by atoms with Crippen LogP contribution in [0, 0.1) is 0 Å². The maximum Gasteiger partial charge on any atom is 0.416 e. The summed E-state index contributed by atoms with van der Waals surface area (Å²) in [6.07, 6.45) is -5.06. The average molecular weight is 382 g/mol. The van der Waals surface area contributed by atoms with E-state index in [2.05, 4.69) is 5.32 Å². The zero-order chi connectivity index (χ0) is 20.2. The van der Waals surface area contributed by atoms with Crippen LogP contribution in [0.4, 0.5) is 23.7 Å². The lowest BCUT2D eigenvalue weighted by Crippen LogP contribution is -2.32. The highest BCUT2D eigenvalue weighted by Crippen LogP contribution is 2.33. The van der Waals surface area contributed by atoms with Crippen LogP contribution in [0.5, 0.6) is 11.5 Å². The molecular formula is C19H21F3N2O3. The van der Waals surface area contributed by atoms with E-state index in [1.54, 1.807) is 32.9 Å². The van der Waals surface area contributed by atoms with Crippen molar-refractivity contribution >= 4 is 11.8 Å². The van der Waals surface area contributed by atoms with E-state index >= 15 is 0 Å². The average Bonchev–Trinajstić information content (AvgIpc) is 2.53. The van der Waals surface area contributed by atoms with Crippen LogP contribution < -0.4 is 15.8 Å². The minimum atomic E-state index is -4.46. The molecule has 1 amide bonds. The van der Waals surface area contributed by atoms with Gasteiger partial charge in [-0.3, -0.25) is 0 Å². The van der Waals surface area contributed by atoms with Crippen LogP contribution >= 0.6 is 0 Å². The first-order chi connectivity index (χ1) is 12.4. The van der Waals surface area contributed by atoms with Crippen LogP contribution in [0.2, 0.25) is 0 Å². The standard InChI is InChI=1S/C19H21F3N2O3/c1-18(2,3)27-17(25)24-11-12-9-15(7-8-16(12)23)26-14-6-4-5-13(10-14)19(20,21)22/h4-10H,11,23H2,1-3H3,(H,24,25).